The highest BCUT2D eigenvalue weighted by Crippen LogP contribution is 2.35. The summed E-state index contributed by atoms with van der Waals surface area (Å²) in [7, 11) is -2.86. The lowest BCUT2D eigenvalue weighted by molar-refractivity contribution is -0.0534. The van der Waals surface area contributed by atoms with Gasteiger partial charge in [0.1, 0.15) is 30.1 Å². The Bertz CT molecular complexity index is 1130. The molecule has 0 spiro atoms. The third-order valence-electron chi connectivity index (χ3n) is 5.41. The first kappa shape index (κ1) is 23.0. The van der Waals surface area contributed by atoms with Gasteiger partial charge in [-0.3, -0.25) is 0 Å². The van der Waals surface area contributed by atoms with Crippen molar-refractivity contribution < 1.29 is 28.9 Å². The van der Waals surface area contributed by atoms with Gasteiger partial charge < -0.3 is 20.3 Å². The smallest absolute Gasteiger partial charge is 0.387 e. The molecule has 1 aromatic carbocycles. The van der Waals surface area contributed by atoms with E-state index in [-0.39, 0.29) is 17.8 Å². The van der Waals surface area contributed by atoms with E-state index in [4.69, 9.17) is 21.2 Å². The maximum absolute atomic E-state index is 10.8. The maximum Gasteiger partial charge on any atom is 0.694 e. The summed E-state index contributed by atoms with van der Waals surface area (Å²) in [6.07, 6.45) is -3.22. The number of halogens is 1. The number of nitrogens with one attached hydrogen (secondary N) is 1. The van der Waals surface area contributed by atoms with Crippen molar-refractivity contribution in [3.63, 3.8) is 0 Å². The van der Waals surface area contributed by atoms with Gasteiger partial charge in [0.05, 0.1) is 17.3 Å². The first-order valence-corrected chi connectivity index (χ1v) is 11.4. The number of aromatic nitrogens is 3. The predicted octanol–water partition coefficient (Wildman–Crippen LogP) is 2.85. The Morgan fingerprint density at radius 3 is 2.72 bits per heavy atom. The zero-order valence-electron chi connectivity index (χ0n) is 17.3. The summed E-state index contributed by atoms with van der Waals surface area (Å²) in [5.41, 5.74) is 3.31. The molecule has 0 bridgehead atoms. The van der Waals surface area contributed by atoms with Gasteiger partial charge in [0.15, 0.2) is 11.9 Å². The number of rotatable bonds is 7. The van der Waals surface area contributed by atoms with E-state index in [9.17, 15) is 14.8 Å². The Hall–Kier alpha value is -2.17. The number of anilines is 1. The first-order chi connectivity index (χ1) is 15.2. The number of ether oxygens (including phenoxy) is 1. The molecule has 32 heavy (non-hydrogen) atoms. The summed E-state index contributed by atoms with van der Waals surface area (Å²) in [4.78, 5) is 13.1. The first-order valence-electron chi connectivity index (χ1n) is 9.92. The van der Waals surface area contributed by atoms with Crippen LogP contribution in [-0.2, 0) is 13.8 Å². The van der Waals surface area contributed by atoms with Crippen LogP contribution < -0.4 is 5.32 Å². The van der Waals surface area contributed by atoms with Crippen LogP contribution in [0.1, 0.15) is 30.3 Å². The molecular weight excluding hydrogens is 459 g/mol. The molecule has 1 fully saturated rings. The highest BCUT2D eigenvalue weighted by atomic mass is 35.5. The number of hydrogen-bond acceptors (Lipinski definition) is 8. The molecule has 0 amide bonds. The molecule has 0 saturated carbocycles. The van der Waals surface area contributed by atoms with Crippen molar-refractivity contribution in [1.29, 1.82) is 0 Å². The topological polar surface area (TPSA) is 139 Å². The number of aliphatic hydroxyl groups is 2. The van der Waals surface area contributed by atoms with E-state index in [1.165, 1.54) is 10.2 Å². The molecule has 1 saturated heterocycles. The zero-order valence-corrected chi connectivity index (χ0v) is 18.9. The second-order valence-electron chi connectivity index (χ2n) is 7.68. The van der Waals surface area contributed by atoms with Crippen LogP contribution in [-0.4, -0.2) is 54.8 Å². The lowest BCUT2D eigenvalue weighted by atomic mass is 10.1. The molecule has 3 heterocycles. The Balaban J connectivity index is 1.62. The molecule has 12 heteroatoms. The minimum Gasteiger partial charge on any atom is -0.387 e. The SMILES string of the molecule is Cc1ccc(C(C)Nc2cc(Cl)nc3c2cnn3C2OC(CO[P+](=O)O)C(O)C2O)cc1. The fraction of sp³-hybridized carbons (Fsp3) is 0.400. The molecule has 4 rings (SSSR count). The Morgan fingerprint density at radius 2 is 2.03 bits per heavy atom. The number of pyridine rings is 1. The van der Waals surface area contributed by atoms with Gasteiger partial charge in [-0.2, -0.15) is 5.10 Å². The van der Waals surface area contributed by atoms with Crippen LogP contribution in [0.4, 0.5) is 5.69 Å². The quantitative estimate of drug-likeness (QED) is 0.296. The van der Waals surface area contributed by atoms with E-state index in [0.29, 0.717) is 16.7 Å². The summed E-state index contributed by atoms with van der Waals surface area (Å²) in [5.74, 6) is 0. The van der Waals surface area contributed by atoms with Crippen molar-refractivity contribution in [2.75, 3.05) is 11.9 Å². The van der Waals surface area contributed by atoms with Gasteiger partial charge in [0, 0.05) is 10.6 Å². The van der Waals surface area contributed by atoms with Crippen molar-refractivity contribution >= 4 is 36.6 Å². The van der Waals surface area contributed by atoms with Gasteiger partial charge >= 0.3 is 8.25 Å². The molecule has 0 radical (unpaired) electrons. The van der Waals surface area contributed by atoms with Crippen LogP contribution in [0.15, 0.2) is 36.5 Å². The second kappa shape index (κ2) is 9.36. The van der Waals surface area contributed by atoms with Crippen LogP contribution >= 0.6 is 19.9 Å². The molecular formula is C20H23ClN4O6P+. The van der Waals surface area contributed by atoms with E-state index in [2.05, 4.69) is 19.9 Å². The van der Waals surface area contributed by atoms with E-state index in [1.807, 2.05) is 38.1 Å². The molecule has 4 N–H and O–H groups in total. The Morgan fingerprint density at radius 1 is 1.31 bits per heavy atom. The standard InChI is InChI=1S/C20H22ClN4O6P/c1-10-3-5-12(6-4-10)11(2)23-14-7-16(21)24-19-13(14)8-22-25(19)20-18(27)17(26)15(31-20)9-30-32(28)29/h3-8,11,15,17-18,20,26-27H,9H2,1-2H3,(H-,23,24,28,29)/p+1. The third-order valence-corrected chi connectivity index (χ3v) is 5.98. The molecule has 0 aliphatic carbocycles. The van der Waals surface area contributed by atoms with Gasteiger partial charge in [-0.25, -0.2) is 9.67 Å². The molecule has 1 aliphatic heterocycles. The Kier molecular flexibility index (Phi) is 6.73. The van der Waals surface area contributed by atoms with Crippen LogP contribution in [0.3, 0.4) is 0 Å². The van der Waals surface area contributed by atoms with Crippen LogP contribution in [0.25, 0.3) is 11.0 Å². The van der Waals surface area contributed by atoms with Crippen LogP contribution in [0.2, 0.25) is 5.15 Å². The fourth-order valence-corrected chi connectivity index (χ4v) is 4.13. The number of hydrogen-bond donors (Lipinski definition) is 4. The average molecular weight is 482 g/mol. The summed E-state index contributed by atoms with van der Waals surface area (Å²) in [5, 5.41) is 29.3. The number of nitrogens with zero attached hydrogens (tertiary/aromatic N) is 3. The maximum atomic E-state index is 10.8. The lowest BCUT2D eigenvalue weighted by Gasteiger charge is -2.18. The number of benzene rings is 1. The predicted molar refractivity (Wildman–Crippen MR) is 117 cm³/mol. The minimum atomic E-state index is -2.86. The summed E-state index contributed by atoms with van der Waals surface area (Å²) in [6, 6.07) is 9.83. The van der Waals surface area contributed by atoms with Crippen molar-refractivity contribution in [1.82, 2.24) is 14.8 Å². The lowest BCUT2D eigenvalue weighted by Crippen LogP contribution is -2.33. The van der Waals surface area contributed by atoms with E-state index >= 15 is 0 Å². The molecule has 1 aliphatic rings. The molecule has 2 aromatic heterocycles. The average Bonchev–Trinajstić information content (AvgIpc) is 3.28. The number of aryl methyl sites for hydroxylation is 1. The van der Waals surface area contributed by atoms with Gasteiger partial charge in [-0.05, 0) is 25.5 Å². The summed E-state index contributed by atoms with van der Waals surface area (Å²) in [6.45, 7) is 3.68. The number of fused-ring (bicyclic) bond motifs is 1. The molecule has 6 atom stereocenters. The molecule has 170 valence electrons. The van der Waals surface area contributed by atoms with Crippen molar-refractivity contribution in [3.05, 3.63) is 52.8 Å². The second-order valence-corrected chi connectivity index (χ2v) is 8.80. The summed E-state index contributed by atoms with van der Waals surface area (Å²) < 4.78 is 22.4. The van der Waals surface area contributed by atoms with Crippen molar-refractivity contribution in [2.24, 2.45) is 0 Å². The van der Waals surface area contributed by atoms with E-state index in [1.54, 1.807) is 12.3 Å². The minimum absolute atomic E-state index is 0.0299. The van der Waals surface area contributed by atoms with Gasteiger partial charge in [0.2, 0.25) is 0 Å². The molecule has 10 nitrogen and oxygen atoms in total. The highest BCUT2D eigenvalue weighted by Gasteiger charge is 2.46. The number of aliphatic hydroxyl groups excluding tert-OH is 2. The monoisotopic (exact) mass is 481 g/mol. The largest absolute Gasteiger partial charge is 0.694 e. The third kappa shape index (κ3) is 4.62. The van der Waals surface area contributed by atoms with Crippen LogP contribution in [0.5, 0.6) is 0 Å². The van der Waals surface area contributed by atoms with Crippen LogP contribution in [0, 0.1) is 6.92 Å². The van der Waals surface area contributed by atoms with E-state index < -0.39 is 32.8 Å². The highest BCUT2D eigenvalue weighted by molar-refractivity contribution is 7.32. The Labute approximate surface area is 189 Å². The summed E-state index contributed by atoms with van der Waals surface area (Å²) >= 11 is 6.26. The van der Waals surface area contributed by atoms with Gasteiger partial charge in [0.25, 0.3) is 0 Å². The zero-order chi connectivity index (χ0) is 23.0. The normalized spacial score (nSPS) is 24.6. The molecule has 3 aromatic rings. The van der Waals surface area contributed by atoms with Gasteiger partial charge in [-0.1, -0.05) is 41.4 Å². The molecule has 6 unspecified atom stereocenters. The fourth-order valence-electron chi connectivity index (χ4n) is 3.67. The van der Waals surface area contributed by atoms with Crippen molar-refractivity contribution in [3.8, 4) is 0 Å². The van der Waals surface area contributed by atoms with E-state index in [0.717, 1.165) is 5.56 Å². The van der Waals surface area contributed by atoms with Crippen molar-refractivity contribution in [2.45, 2.75) is 44.4 Å². The van der Waals surface area contributed by atoms with Gasteiger partial charge in [-0.15, -0.1) is 9.42 Å².